The van der Waals surface area contributed by atoms with Gasteiger partial charge in [-0.25, -0.2) is 0 Å². The van der Waals surface area contributed by atoms with Crippen LogP contribution < -0.4 is 15.4 Å². The molecule has 2 aliphatic rings. The molecule has 4 heterocycles. The lowest BCUT2D eigenvalue weighted by Crippen LogP contribution is -2.50. The van der Waals surface area contributed by atoms with E-state index in [2.05, 4.69) is 26.1 Å². The molecule has 154 valence electrons. The third-order valence-electron chi connectivity index (χ3n) is 5.81. The summed E-state index contributed by atoms with van der Waals surface area (Å²) in [5, 5.41) is 8.89. The molecule has 29 heavy (non-hydrogen) atoms. The van der Waals surface area contributed by atoms with Crippen molar-refractivity contribution in [3.8, 4) is 0 Å². The third kappa shape index (κ3) is 4.26. The van der Waals surface area contributed by atoms with Crippen molar-refractivity contribution in [1.82, 2.24) is 19.7 Å². The Morgan fingerprint density at radius 2 is 1.41 bits per heavy atom. The number of hydrogen-bond donors (Lipinski definition) is 0. The lowest BCUT2D eigenvalue weighted by molar-refractivity contribution is 0.0744. The minimum absolute atomic E-state index is 0.201. The Morgan fingerprint density at radius 3 is 2.00 bits per heavy atom. The summed E-state index contributed by atoms with van der Waals surface area (Å²) in [6, 6.07) is 7.41. The average Bonchev–Trinajstić information content (AvgIpc) is 3.05. The molecule has 2 aromatic rings. The molecule has 0 unspecified atom stereocenters. The van der Waals surface area contributed by atoms with Gasteiger partial charge in [0.25, 0.3) is 11.5 Å². The highest BCUT2D eigenvalue weighted by atomic mass is 16.2. The van der Waals surface area contributed by atoms with Gasteiger partial charge in [0.15, 0.2) is 11.6 Å². The van der Waals surface area contributed by atoms with E-state index in [4.69, 9.17) is 0 Å². The van der Waals surface area contributed by atoms with Gasteiger partial charge in [0.2, 0.25) is 0 Å². The molecule has 8 heteroatoms. The van der Waals surface area contributed by atoms with Crippen molar-refractivity contribution in [1.29, 1.82) is 0 Å². The number of aromatic nitrogens is 3. The lowest BCUT2D eigenvalue weighted by Gasteiger charge is -2.35. The molecule has 2 saturated heterocycles. The predicted octanol–water partition coefficient (Wildman–Crippen LogP) is 1.52. The zero-order chi connectivity index (χ0) is 20.2. The van der Waals surface area contributed by atoms with Crippen molar-refractivity contribution in [3.63, 3.8) is 0 Å². The van der Waals surface area contributed by atoms with Gasteiger partial charge in [0, 0.05) is 52.5 Å². The van der Waals surface area contributed by atoms with Gasteiger partial charge in [0.05, 0.1) is 0 Å². The fourth-order valence-electron chi connectivity index (χ4n) is 4.02. The van der Waals surface area contributed by atoms with Crippen molar-refractivity contribution in [2.75, 3.05) is 49.1 Å². The highest BCUT2D eigenvalue weighted by Gasteiger charge is 2.25. The van der Waals surface area contributed by atoms with Crippen LogP contribution in [0.25, 0.3) is 0 Å². The number of nitrogens with zero attached hydrogens (tertiary/aromatic N) is 6. The van der Waals surface area contributed by atoms with E-state index in [0.717, 1.165) is 24.7 Å². The monoisotopic (exact) mass is 396 g/mol. The first-order chi connectivity index (χ1) is 14.1. The molecule has 0 atom stereocenters. The molecule has 0 spiro atoms. The first kappa shape index (κ1) is 19.4. The summed E-state index contributed by atoms with van der Waals surface area (Å²) < 4.78 is 1.44. The van der Waals surface area contributed by atoms with Gasteiger partial charge in [-0.15, -0.1) is 10.2 Å². The number of amides is 1. The Labute approximate surface area is 170 Å². The van der Waals surface area contributed by atoms with Crippen LogP contribution in [0.5, 0.6) is 0 Å². The van der Waals surface area contributed by atoms with E-state index >= 15 is 0 Å². The van der Waals surface area contributed by atoms with Crippen molar-refractivity contribution in [2.45, 2.75) is 25.7 Å². The van der Waals surface area contributed by atoms with Crippen LogP contribution in [0.15, 0.2) is 35.3 Å². The second kappa shape index (κ2) is 8.63. The van der Waals surface area contributed by atoms with Crippen molar-refractivity contribution in [3.05, 3.63) is 46.4 Å². The van der Waals surface area contributed by atoms with Gasteiger partial charge >= 0.3 is 0 Å². The second-order valence-corrected chi connectivity index (χ2v) is 7.77. The molecule has 0 N–H and O–H groups in total. The van der Waals surface area contributed by atoms with E-state index in [9.17, 15) is 9.59 Å². The Morgan fingerprint density at radius 1 is 0.828 bits per heavy atom. The van der Waals surface area contributed by atoms with Crippen LogP contribution in [0.1, 0.15) is 36.0 Å². The molecule has 2 fully saturated rings. The molecule has 1 amide bonds. The number of carbonyl (C=O) groups is 1. The SMILES string of the molecule is Cn1cccc(C(=O)N2CCN(c3ccc(N4CCCCCC4)nn3)CC2)c1=O. The summed E-state index contributed by atoms with van der Waals surface area (Å²) in [7, 11) is 1.66. The fourth-order valence-corrected chi connectivity index (χ4v) is 4.02. The zero-order valence-electron chi connectivity index (χ0n) is 17.0. The maximum atomic E-state index is 12.7. The zero-order valence-corrected chi connectivity index (χ0v) is 17.0. The van der Waals surface area contributed by atoms with E-state index in [1.54, 1.807) is 30.3 Å². The number of aryl methyl sites for hydroxylation is 1. The highest BCUT2D eigenvalue weighted by Crippen LogP contribution is 2.20. The van der Waals surface area contributed by atoms with Crippen LogP contribution in [-0.2, 0) is 7.05 Å². The third-order valence-corrected chi connectivity index (χ3v) is 5.81. The van der Waals surface area contributed by atoms with Crippen molar-refractivity contribution < 1.29 is 4.79 Å². The van der Waals surface area contributed by atoms with Gasteiger partial charge in [-0.3, -0.25) is 9.59 Å². The molecule has 2 aliphatic heterocycles. The first-order valence-corrected chi connectivity index (χ1v) is 10.4. The van der Waals surface area contributed by atoms with Gasteiger partial charge in [-0.2, -0.15) is 0 Å². The quantitative estimate of drug-likeness (QED) is 0.783. The molecule has 0 radical (unpaired) electrons. The van der Waals surface area contributed by atoms with Crippen LogP contribution in [-0.4, -0.2) is 64.8 Å². The molecule has 4 rings (SSSR count). The van der Waals surface area contributed by atoms with E-state index in [1.165, 1.54) is 30.3 Å². The molecule has 0 aromatic carbocycles. The highest BCUT2D eigenvalue weighted by molar-refractivity contribution is 5.94. The molecule has 0 bridgehead atoms. The predicted molar refractivity (Wildman–Crippen MR) is 113 cm³/mol. The van der Waals surface area contributed by atoms with Gasteiger partial charge in [0.1, 0.15) is 5.56 Å². The van der Waals surface area contributed by atoms with E-state index < -0.39 is 0 Å². The van der Waals surface area contributed by atoms with Crippen LogP contribution >= 0.6 is 0 Å². The summed E-state index contributed by atoms with van der Waals surface area (Å²) >= 11 is 0. The largest absolute Gasteiger partial charge is 0.355 e. The van der Waals surface area contributed by atoms with Gasteiger partial charge in [-0.1, -0.05) is 12.8 Å². The fraction of sp³-hybridized carbons (Fsp3) is 0.524. The number of pyridine rings is 1. The summed E-state index contributed by atoms with van der Waals surface area (Å²) in [5.41, 5.74) is -0.0278. The molecule has 0 saturated carbocycles. The number of carbonyl (C=O) groups excluding carboxylic acids is 1. The van der Waals surface area contributed by atoms with E-state index in [0.29, 0.717) is 26.2 Å². The van der Waals surface area contributed by atoms with Crippen LogP contribution in [0.4, 0.5) is 11.6 Å². The summed E-state index contributed by atoms with van der Waals surface area (Å²) in [6.07, 6.45) is 6.67. The standard InChI is InChI=1S/C21H28N6O2/c1-24-10-6-7-17(20(24)28)21(29)27-15-13-26(14-16-27)19-9-8-18(22-23-19)25-11-4-2-3-5-12-25/h6-10H,2-5,11-16H2,1H3. The molecular weight excluding hydrogens is 368 g/mol. The number of hydrogen-bond acceptors (Lipinski definition) is 6. The number of rotatable bonds is 3. The Balaban J connectivity index is 1.37. The van der Waals surface area contributed by atoms with Crippen LogP contribution in [0, 0.1) is 0 Å². The molecular formula is C21H28N6O2. The minimum Gasteiger partial charge on any atom is -0.355 e. The normalized spacial score (nSPS) is 17.9. The molecule has 2 aromatic heterocycles. The Bertz CT molecular complexity index is 894. The number of piperazine rings is 1. The molecule has 8 nitrogen and oxygen atoms in total. The Hall–Kier alpha value is -2.90. The second-order valence-electron chi connectivity index (χ2n) is 7.77. The first-order valence-electron chi connectivity index (χ1n) is 10.4. The lowest BCUT2D eigenvalue weighted by atomic mass is 10.2. The van der Waals surface area contributed by atoms with Crippen molar-refractivity contribution in [2.24, 2.45) is 7.05 Å². The minimum atomic E-state index is -0.255. The van der Waals surface area contributed by atoms with Crippen molar-refractivity contribution >= 4 is 17.5 Å². The molecule has 0 aliphatic carbocycles. The average molecular weight is 396 g/mol. The van der Waals surface area contributed by atoms with E-state index in [-0.39, 0.29) is 17.0 Å². The maximum Gasteiger partial charge on any atom is 0.263 e. The topological polar surface area (TPSA) is 74.6 Å². The number of anilines is 2. The van der Waals surface area contributed by atoms with Crippen LogP contribution in [0.3, 0.4) is 0 Å². The van der Waals surface area contributed by atoms with Gasteiger partial charge < -0.3 is 19.3 Å². The summed E-state index contributed by atoms with van der Waals surface area (Å²) in [5.74, 6) is 1.59. The summed E-state index contributed by atoms with van der Waals surface area (Å²) in [6.45, 7) is 4.58. The van der Waals surface area contributed by atoms with Gasteiger partial charge in [-0.05, 0) is 37.1 Å². The Kier molecular flexibility index (Phi) is 5.78. The van der Waals surface area contributed by atoms with E-state index in [1.807, 2.05) is 6.07 Å². The summed E-state index contributed by atoms with van der Waals surface area (Å²) in [4.78, 5) is 31.1. The van der Waals surface area contributed by atoms with Crippen LogP contribution in [0.2, 0.25) is 0 Å². The maximum absolute atomic E-state index is 12.7. The smallest absolute Gasteiger partial charge is 0.263 e.